The third kappa shape index (κ3) is 4.44. The molecule has 1 aliphatic carbocycles. The molecular weight excluding hydrogens is 485 g/mol. The fraction of sp³-hybridized carbons (Fsp3) is 0.500. The monoisotopic (exact) mass is 513 g/mol. The molecule has 190 valence electrons. The van der Waals surface area contributed by atoms with Crippen LogP contribution in [-0.4, -0.2) is 66.8 Å². The second-order valence-electron chi connectivity index (χ2n) is 10.0. The smallest absolute Gasteiger partial charge is 0.258 e. The van der Waals surface area contributed by atoms with Gasteiger partial charge in [-0.05, 0) is 37.8 Å². The van der Waals surface area contributed by atoms with Crippen molar-refractivity contribution < 1.29 is 19.0 Å². The second kappa shape index (κ2) is 9.61. The number of likely N-dealkylation sites (tertiary alicyclic amines) is 1. The van der Waals surface area contributed by atoms with Crippen molar-refractivity contribution in [3.8, 4) is 5.75 Å². The highest BCUT2D eigenvalue weighted by Gasteiger charge is 2.34. The van der Waals surface area contributed by atoms with Gasteiger partial charge in [0.2, 0.25) is 0 Å². The minimum atomic E-state index is -0.437. The average Bonchev–Trinajstić information content (AvgIpc) is 3.42. The van der Waals surface area contributed by atoms with Crippen LogP contribution in [-0.2, 0) is 13.1 Å². The van der Waals surface area contributed by atoms with Gasteiger partial charge in [0.25, 0.3) is 5.91 Å². The number of hydrogen-bond donors (Lipinski definition) is 1. The molecule has 3 aliphatic rings. The van der Waals surface area contributed by atoms with Crippen molar-refractivity contribution in [2.24, 2.45) is 0 Å². The van der Waals surface area contributed by atoms with Crippen molar-refractivity contribution in [2.45, 2.75) is 69.9 Å². The molecule has 1 N–H and O–H groups in total. The Bertz CT molecular complexity index is 1290. The molecule has 0 bridgehead atoms. The van der Waals surface area contributed by atoms with E-state index in [9.17, 15) is 14.3 Å². The number of carbonyl (C=O) groups excluding carboxylic acids is 1. The molecule has 36 heavy (non-hydrogen) atoms. The number of aliphatic hydroxyl groups is 1. The van der Waals surface area contributed by atoms with Gasteiger partial charge in [0.05, 0.1) is 41.7 Å². The maximum atomic E-state index is 14.2. The van der Waals surface area contributed by atoms with Gasteiger partial charge in [-0.15, -0.1) is 0 Å². The fourth-order valence-corrected chi connectivity index (χ4v) is 5.97. The van der Waals surface area contributed by atoms with Crippen molar-refractivity contribution in [2.75, 3.05) is 13.1 Å². The molecular formula is C26H29ClFN5O3. The van der Waals surface area contributed by atoms with Gasteiger partial charge in [-0.1, -0.05) is 24.4 Å². The number of nitrogens with zero attached hydrogens (tertiary/aromatic N) is 5. The molecule has 6 rings (SSSR count). The quantitative estimate of drug-likeness (QED) is 0.571. The van der Waals surface area contributed by atoms with Crippen molar-refractivity contribution in [3.63, 3.8) is 0 Å². The van der Waals surface area contributed by atoms with E-state index in [1.165, 1.54) is 18.2 Å². The van der Waals surface area contributed by atoms with Crippen molar-refractivity contribution in [1.82, 2.24) is 24.4 Å². The van der Waals surface area contributed by atoms with Crippen LogP contribution in [0.25, 0.3) is 5.65 Å². The van der Waals surface area contributed by atoms with Crippen LogP contribution in [0.1, 0.15) is 60.1 Å². The standard InChI is InChI=1S/C26H29ClFN5O3/c27-16-12-29-25-20-14-32(15-21(20)30-33(25)13-16)26(35)19-6-5-17(28)11-24(19)36-18-7-9-31(10-8-18)22-3-1-2-4-23(22)34/h5-6,11-13,18,22-23,34H,1-4,7-10,14-15H2/t22-,23-/m0/s1. The minimum Gasteiger partial charge on any atom is -0.489 e. The number of hydrogen-bond acceptors (Lipinski definition) is 6. The lowest BCUT2D eigenvalue weighted by Gasteiger charge is -2.41. The summed E-state index contributed by atoms with van der Waals surface area (Å²) < 4.78 is 22.1. The molecule has 3 aromatic rings. The lowest BCUT2D eigenvalue weighted by molar-refractivity contribution is -0.00711. The zero-order chi connectivity index (χ0) is 24.8. The Morgan fingerprint density at radius 1 is 1.14 bits per heavy atom. The van der Waals surface area contributed by atoms with Gasteiger partial charge in [0.15, 0.2) is 5.65 Å². The summed E-state index contributed by atoms with van der Waals surface area (Å²) in [6.45, 7) is 2.35. The first-order chi connectivity index (χ1) is 17.5. The van der Waals surface area contributed by atoms with E-state index in [1.54, 1.807) is 21.8 Å². The summed E-state index contributed by atoms with van der Waals surface area (Å²) in [4.78, 5) is 21.9. The highest BCUT2D eigenvalue weighted by Crippen LogP contribution is 2.32. The Kier molecular flexibility index (Phi) is 6.31. The predicted octanol–water partition coefficient (Wildman–Crippen LogP) is 3.82. The molecule has 2 aliphatic heterocycles. The summed E-state index contributed by atoms with van der Waals surface area (Å²) in [6, 6.07) is 4.32. The van der Waals surface area contributed by atoms with Crippen LogP contribution in [0.5, 0.6) is 5.75 Å². The van der Waals surface area contributed by atoms with Gasteiger partial charge in [-0.25, -0.2) is 13.9 Å². The molecule has 0 radical (unpaired) electrons. The molecule has 1 amide bonds. The van der Waals surface area contributed by atoms with Gasteiger partial charge < -0.3 is 14.7 Å². The fourth-order valence-electron chi connectivity index (χ4n) is 5.83. The average molecular weight is 514 g/mol. The molecule has 8 nitrogen and oxygen atoms in total. The molecule has 1 saturated carbocycles. The second-order valence-corrected chi connectivity index (χ2v) is 10.5. The lowest BCUT2D eigenvalue weighted by Crippen LogP contribution is -2.50. The molecule has 1 aromatic carbocycles. The van der Waals surface area contributed by atoms with E-state index in [2.05, 4.69) is 15.0 Å². The molecule has 0 unspecified atom stereocenters. The number of piperidine rings is 1. The Morgan fingerprint density at radius 3 is 2.75 bits per heavy atom. The van der Waals surface area contributed by atoms with Crippen LogP contribution in [0.15, 0.2) is 30.6 Å². The summed E-state index contributed by atoms with van der Waals surface area (Å²) in [6.07, 6.45) is 8.58. The molecule has 2 atom stereocenters. The van der Waals surface area contributed by atoms with Crippen LogP contribution in [0, 0.1) is 5.82 Å². The first kappa shape index (κ1) is 23.6. The van der Waals surface area contributed by atoms with E-state index in [0.29, 0.717) is 29.3 Å². The predicted molar refractivity (Wildman–Crippen MR) is 131 cm³/mol. The van der Waals surface area contributed by atoms with Crippen LogP contribution in [0.3, 0.4) is 0 Å². The molecule has 0 spiro atoms. The van der Waals surface area contributed by atoms with E-state index >= 15 is 0 Å². The summed E-state index contributed by atoms with van der Waals surface area (Å²) in [5.41, 5.74) is 2.69. The zero-order valence-electron chi connectivity index (χ0n) is 19.9. The Hall–Kier alpha value is -2.75. The van der Waals surface area contributed by atoms with Crippen LogP contribution in [0.2, 0.25) is 5.02 Å². The van der Waals surface area contributed by atoms with Crippen molar-refractivity contribution >= 4 is 23.2 Å². The first-order valence-corrected chi connectivity index (χ1v) is 13.0. The van der Waals surface area contributed by atoms with Gasteiger partial charge in [-0.3, -0.25) is 9.69 Å². The third-order valence-electron chi connectivity index (χ3n) is 7.70. The zero-order valence-corrected chi connectivity index (χ0v) is 20.7. The number of aliphatic hydroxyl groups excluding tert-OH is 1. The van der Waals surface area contributed by atoms with E-state index in [-0.39, 0.29) is 29.9 Å². The normalized spacial score (nSPS) is 23.2. The number of ether oxygens (including phenoxy) is 1. The van der Waals surface area contributed by atoms with E-state index in [0.717, 1.165) is 62.9 Å². The molecule has 10 heteroatoms. The van der Waals surface area contributed by atoms with Crippen LogP contribution in [0.4, 0.5) is 4.39 Å². The number of aromatic nitrogens is 3. The van der Waals surface area contributed by atoms with Crippen LogP contribution >= 0.6 is 11.6 Å². The number of halogens is 2. The molecule has 4 heterocycles. The molecule has 1 saturated heterocycles. The molecule has 2 aromatic heterocycles. The Balaban J connectivity index is 1.14. The van der Waals surface area contributed by atoms with Gasteiger partial charge in [0.1, 0.15) is 17.7 Å². The summed E-state index contributed by atoms with van der Waals surface area (Å²) >= 11 is 6.02. The Morgan fingerprint density at radius 2 is 1.94 bits per heavy atom. The highest BCUT2D eigenvalue weighted by atomic mass is 35.5. The van der Waals surface area contributed by atoms with Gasteiger partial charge >= 0.3 is 0 Å². The number of rotatable bonds is 4. The van der Waals surface area contributed by atoms with E-state index < -0.39 is 5.82 Å². The SMILES string of the molecule is O=C(c1ccc(F)cc1OC1CCN([C@H]2CCCC[C@@H]2O)CC1)N1Cc2nn3cc(Cl)cnc3c2C1. The van der Waals surface area contributed by atoms with Crippen molar-refractivity contribution in [1.29, 1.82) is 0 Å². The Labute approximate surface area is 213 Å². The topological polar surface area (TPSA) is 83.2 Å². The van der Waals surface area contributed by atoms with Crippen molar-refractivity contribution in [3.05, 3.63) is 58.3 Å². The summed E-state index contributed by atoms with van der Waals surface area (Å²) in [7, 11) is 0. The number of benzene rings is 1. The maximum Gasteiger partial charge on any atom is 0.258 e. The molecule has 2 fully saturated rings. The third-order valence-corrected chi connectivity index (χ3v) is 7.90. The van der Waals surface area contributed by atoms with E-state index in [4.69, 9.17) is 16.3 Å². The van der Waals surface area contributed by atoms with Crippen LogP contribution < -0.4 is 4.74 Å². The minimum absolute atomic E-state index is 0.107. The largest absolute Gasteiger partial charge is 0.489 e. The number of fused-ring (bicyclic) bond motifs is 3. The van der Waals surface area contributed by atoms with Gasteiger partial charge in [-0.2, -0.15) is 5.10 Å². The van der Waals surface area contributed by atoms with E-state index in [1.807, 2.05) is 0 Å². The number of carbonyl (C=O) groups is 1. The highest BCUT2D eigenvalue weighted by molar-refractivity contribution is 6.30. The summed E-state index contributed by atoms with van der Waals surface area (Å²) in [5.74, 6) is -0.384. The first-order valence-electron chi connectivity index (χ1n) is 12.7. The van der Waals surface area contributed by atoms with Gasteiger partial charge in [0, 0.05) is 37.0 Å². The number of amides is 1. The maximum absolute atomic E-state index is 14.2. The summed E-state index contributed by atoms with van der Waals surface area (Å²) in [5, 5.41) is 15.4. The lowest BCUT2D eigenvalue weighted by atomic mass is 9.90.